The Kier molecular flexibility index (Phi) is 3.33. The smallest absolute Gasteiger partial charge is 0.259 e. The predicted octanol–water partition coefficient (Wildman–Crippen LogP) is 1.71. The molecule has 1 aliphatic heterocycles. The molecule has 0 saturated carbocycles. The third kappa shape index (κ3) is 2.48. The van der Waals surface area contributed by atoms with Crippen LogP contribution in [0.3, 0.4) is 0 Å². The quantitative estimate of drug-likeness (QED) is 0.722. The van der Waals surface area contributed by atoms with Crippen molar-refractivity contribution in [3.05, 3.63) is 48.2 Å². The number of carbonyl (C=O) groups excluding carboxylic acids is 1. The van der Waals surface area contributed by atoms with Crippen LogP contribution >= 0.6 is 0 Å². The van der Waals surface area contributed by atoms with E-state index in [-0.39, 0.29) is 11.9 Å². The van der Waals surface area contributed by atoms with E-state index in [9.17, 15) is 4.79 Å². The van der Waals surface area contributed by atoms with Crippen LogP contribution in [0.25, 0.3) is 5.65 Å². The summed E-state index contributed by atoms with van der Waals surface area (Å²) in [7, 11) is 0. The first-order chi connectivity index (χ1) is 11.2. The Hall–Kier alpha value is -2.70. The highest BCUT2D eigenvalue weighted by Gasteiger charge is 2.27. The predicted molar refractivity (Wildman–Crippen MR) is 84.1 cm³/mol. The van der Waals surface area contributed by atoms with Gasteiger partial charge in [-0.3, -0.25) is 9.48 Å². The molecule has 0 unspecified atom stereocenters. The van der Waals surface area contributed by atoms with E-state index in [1.54, 1.807) is 16.9 Å². The van der Waals surface area contributed by atoms with Gasteiger partial charge in [0.25, 0.3) is 5.91 Å². The van der Waals surface area contributed by atoms with Gasteiger partial charge in [0.05, 0.1) is 12.2 Å². The van der Waals surface area contributed by atoms with Crippen molar-refractivity contribution in [3.8, 4) is 0 Å². The number of nitrogens with zero attached hydrogens (tertiary/aromatic N) is 6. The maximum Gasteiger partial charge on any atom is 0.259 e. The van der Waals surface area contributed by atoms with E-state index in [2.05, 4.69) is 15.2 Å². The number of fused-ring (bicyclic) bond motifs is 1. The molecule has 4 heterocycles. The minimum Gasteiger partial charge on any atom is -0.336 e. The number of likely N-dealkylation sites (tertiary alicyclic amines) is 1. The molecule has 1 amide bonds. The molecule has 1 aliphatic rings. The van der Waals surface area contributed by atoms with Crippen molar-refractivity contribution in [1.82, 2.24) is 29.3 Å². The molecule has 0 aromatic carbocycles. The van der Waals surface area contributed by atoms with Gasteiger partial charge in [-0.2, -0.15) is 10.2 Å². The van der Waals surface area contributed by atoms with Crippen LogP contribution in [0.15, 0.2) is 36.9 Å². The molecule has 118 valence electrons. The second-order valence-electron chi connectivity index (χ2n) is 5.93. The Labute approximate surface area is 133 Å². The first kappa shape index (κ1) is 13.9. The van der Waals surface area contributed by atoms with E-state index < -0.39 is 0 Å². The Morgan fingerprint density at radius 2 is 2.22 bits per heavy atom. The van der Waals surface area contributed by atoms with Crippen LogP contribution in [-0.4, -0.2) is 48.3 Å². The summed E-state index contributed by atoms with van der Waals surface area (Å²) in [6.45, 7) is 3.35. The molecule has 3 aromatic heterocycles. The fourth-order valence-electron chi connectivity index (χ4n) is 3.13. The van der Waals surface area contributed by atoms with Crippen molar-refractivity contribution < 1.29 is 4.79 Å². The van der Waals surface area contributed by atoms with Gasteiger partial charge in [0.1, 0.15) is 5.56 Å². The lowest BCUT2D eigenvalue weighted by molar-refractivity contribution is 0.0674. The first-order valence-corrected chi connectivity index (χ1v) is 7.82. The number of piperidine rings is 1. The van der Waals surface area contributed by atoms with E-state index in [4.69, 9.17) is 0 Å². The van der Waals surface area contributed by atoms with Crippen molar-refractivity contribution in [2.75, 3.05) is 13.1 Å². The van der Waals surface area contributed by atoms with E-state index in [1.165, 1.54) is 0 Å². The Balaban J connectivity index is 1.61. The van der Waals surface area contributed by atoms with Crippen LogP contribution in [0, 0.1) is 6.92 Å². The van der Waals surface area contributed by atoms with Gasteiger partial charge in [0.2, 0.25) is 0 Å². The highest BCUT2D eigenvalue weighted by atomic mass is 16.2. The molecular weight excluding hydrogens is 292 g/mol. The third-order valence-electron chi connectivity index (χ3n) is 4.32. The SMILES string of the molecule is Cc1ccn2ncc(C(=O)N3CCC[C@@H](n4cccn4)C3)c2n1. The van der Waals surface area contributed by atoms with Crippen LogP contribution < -0.4 is 0 Å². The number of aryl methyl sites for hydroxylation is 1. The van der Waals surface area contributed by atoms with Gasteiger partial charge in [0, 0.05) is 37.4 Å². The van der Waals surface area contributed by atoms with Crippen LogP contribution in [0.2, 0.25) is 0 Å². The van der Waals surface area contributed by atoms with Crippen LogP contribution in [0.4, 0.5) is 0 Å². The largest absolute Gasteiger partial charge is 0.336 e. The van der Waals surface area contributed by atoms with E-state index >= 15 is 0 Å². The number of hydrogen-bond donors (Lipinski definition) is 0. The summed E-state index contributed by atoms with van der Waals surface area (Å²) in [5, 5.41) is 8.54. The standard InChI is InChI=1S/C16H18N6O/c1-12-5-9-22-15(19-12)14(10-18-22)16(23)20-7-2-4-13(11-20)21-8-3-6-17-21/h3,5-6,8-10,13H,2,4,7,11H2,1H3/t13-/m1/s1. The zero-order chi connectivity index (χ0) is 15.8. The van der Waals surface area contributed by atoms with E-state index in [1.807, 2.05) is 41.0 Å². The Morgan fingerprint density at radius 1 is 1.30 bits per heavy atom. The summed E-state index contributed by atoms with van der Waals surface area (Å²) in [6.07, 6.45) is 9.19. The monoisotopic (exact) mass is 310 g/mol. The van der Waals surface area contributed by atoms with Crippen molar-refractivity contribution in [2.24, 2.45) is 0 Å². The third-order valence-corrected chi connectivity index (χ3v) is 4.32. The van der Waals surface area contributed by atoms with Crippen molar-refractivity contribution in [3.63, 3.8) is 0 Å². The molecule has 1 saturated heterocycles. The zero-order valence-electron chi connectivity index (χ0n) is 13.0. The Bertz CT molecular complexity index is 838. The van der Waals surface area contributed by atoms with Gasteiger partial charge >= 0.3 is 0 Å². The van der Waals surface area contributed by atoms with Gasteiger partial charge in [-0.25, -0.2) is 9.50 Å². The molecular formula is C16H18N6O. The number of aromatic nitrogens is 5. The fourth-order valence-corrected chi connectivity index (χ4v) is 3.13. The number of carbonyl (C=O) groups is 1. The van der Waals surface area contributed by atoms with Crippen molar-refractivity contribution in [2.45, 2.75) is 25.8 Å². The molecule has 1 fully saturated rings. The summed E-state index contributed by atoms with van der Waals surface area (Å²) in [5.74, 6) is -0.00467. The lowest BCUT2D eigenvalue weighted by atomic mass is 10.1. The second-order valence-corrected chi connectivity index (χ2v) is 5.93. The van der Waals surface area contributed by atoms with Crippen molar-refractivity contribution >= 4 is 11.6 Å². The molecule has 3 aromatic rings. The lowest BCUT2D eigenvalue weighted by Gasteiger charge is -2.32. The maximum atomic E-state index is 12.9. The average molecular weight is 310 g/mol. The molecule has 1 atom stereocenters. The van der Waals surface area contributed by atoms with Crippen molar-refractivity contribution in [1.29, 1.82) is 0 Å². The molecule has 0 bridgehead atoms. The van der Waals surface area contributed by atoms with Gasteiger partial charge in [-0.1, -0.05) is 0 Å². The molecule has 0 radical (unpaired) electrons. The average Bonchev–Trinajstić information content (AvgIpc) is 3.24. The molecule has 0 N–H and O–H groups in total. The van der Waals surface area contributed by atoms with Gasteiger partial charge in [-0.15, -0.1) is 0 Å². The molecule has 23 heavy (non-hydrogen) atoms. The van der Waals surface area contributed by atoms with E-state index in [0.717, 1.165) is 25.1 Å². The van der Waals surface area contributed by atoms with Gasteiger partial charge in [0.15, 0.2) is 5.65 Å². The number of amides is 1. The molecule has 4 rings (SSSR count). The summed E-state index contributed by atoms with van der Waals surface area (Å²) in [4.78, 5) is 19.2. The maximum absolute atomic E-state index is 12.9. The summed E-state index contributed by atoms with van der Waals surface area (Å²) < 4.78 is 3.59. The normalized spacial score (nSPS) is 18.5. The number of rotatable bonds is 2. The van der Waals surface area contributed by atoms with Crippen LogP contribution in [0.1, 0.15) is 34.9 Å². The molecule has 7 heteroatoms. The molecule has 0 spiro atoms. The van der Waals surface area contributed by atoms with Crippen LogP contribution in [-0.2, 0) is 0 Å². The lowest BCUT2D eigenvalue weighted by Crippen LogP contribution is -2.40. The minimum atomic E-state index is -0.00467. The highest BCUT2D eigenvalue weighted by Crippen LogP contribution is 2.23. The summed E-state index contributed by atoms with van der Waals surface area (Å²) >= 11 is 0. The highest BCUT2D eigenvalue weighted by molar-refractivity contribution is 5.99. The topological polar surface area (TPSA) is 68.3 Å². The number of hydrogen-bond acceptors (Lipinski definition) is 4. The summed E-state index contributed by atoms with van der Waals surface area (Å²) in [6, 6.07) is 4.03. The molecule has 7 nitrogen and oxygen atoms in total. The Morgan fingerprint density at radius 3 is 3.04 bits per heavy atom. The van der Waals surface area contributed by atoms with E-state index in [0.29, 0.717) is 17.8 Å². The minimum absolute atomic E-state index is 0.00467. The fraction of sp³-hybridized carbons (Fsp3) is 0.375. The first-order valence-electron chi connectivity index (χ1n) is 7.82. The van der Waals surface area contributed by atoms with Gasteiger partial charge in [-0.05, 0) is 31.9 Å². The zero-order valence-corrected chi connectivity index (χ0v) is 13.0. The van der Waals surface area contributed by atoms with Gasteiger partial charge < -0.3 is 4.90 Å². The molecule has 0 aliphatic carbocycles. The van der Waals surface area contributed by atoms with Crippen LogP contribution in [0.5, 0.6) is 0 Å². The second kappa shape index (κ2) is 5.49. The summed E-state index contributed by atoms with van der Waals surface area (Å²) in [5.41, 5.74) is 2.06.